The average molecular weight is 174 g/mol. The minimum atomic E-state index is 0.502. The molecule has 0 aliphatic carbocycles. The van der Waals surface area contributed by atoms with Gasteiger partial charge in [-0.3, -0.25) is 11.3 Å². The number of hydrazine groups is 1. The van der Waals surface area contributed by atoms with Crippen molar-refractivity contribution in [2.24, 2.45) is 11.8 Å². The zero-order valence-electron chi connectivity index (χ0n) is 7.34. The van der Waals surface area contributed by atoms with Gasteiger partial charge in [0.25, 0.3) is 0 Å². The van der Waals surface area contributed by atoms with E-state index in [0.717, 1.165) is 5.25 Å². The molecule has 11 heavy (non-hydrogen) atoms. The highest BCUT2D eigenvalue weighted by molar-refractivity contribution is 8.00. The Morgan fingerprint density at radius 1 is 1.55 bits per heavy atom. The van der Waals surface area contributed by atoms with Crippen LogP contribution in [0.4, 0.5) is 0 Å². The Hall–Kier alpha value is 0.270. The molecular weight excluding hydrogens is 156 g/mol. The minimum absolute atomic E-state index is 0.502. The maximum Gasteiger partial charge on any atom is 0.0352 e. The topological polar surface area (TPSA) is 38.0 Å². The van der Waals surface area contributed by atoms with E-state index >= 15 is 0 Å². The van der Waals surface area contributed by atoms with Crippen LogP contribution >= 0.6 is 11.8 Å². The number of hydrogen-bond donors (Lipinski definition) is 2. The van der Waals surface area contributed by atoms with Gasteiger partial charge in [0, 0.05) is 11.3 Å². The molecule has 0 aromatic carbocycles. The fraction of sp³-hybridized carbons (Fsp3) is 1.00. The Labute approximate surface area is 73.3 Å². The highest BCUT2D eigenvalue weighted by atomic mass is 32.2. The summed E-state index contributed by atoms with van der Waals surface area (Å²) in [7, 11) is 0. The Morgan fingerprint density at radius 2 is 2.27 bits per heavy atom. The third-order valence-corrected chi connectivity index (χ3v) is 3.76. The van der Waals surface area contributed by atoms with E-state index in [-0.39, 0.29) is 0 Å². The molecule has 1 aliphatic heterocycles. The molecule has 0 spiro atoms. The number of rotatable bonds is 3. The van der Waals surface area contributed by atoms with Crippen molar-refractivity contribution < 1.29 is 0 Å². The van der Waals surface area contributed by atoms with Crippen LogP contribution < -0.4 is 11.3 Å². The molecule has 66 valence electrons. The fourth-order valence-electron chi connectivity index (χ4n) is 1.61. The smallest absolute Gasteiger partial charge is 0.0352 e. The van der Waals surface area contributed by atoms with Gasteiger partial charge in [0.05, 0.1) is 0 Å². The molecule has 2 unspecified atom stereocenters. The number of thioether (sulfide) groups is 1. The van der Waals surface area contributed by atoms with Gasteiger partial charge in [0.15, 0.2) is 0 Å². The largest absolute Gasteiger partial charge is 0.271 e. The molecule has 3 N–H and O–H groups in total. The van der Waals surface area contributed by atoms with Gasteiger partial charge in [-0.05, 0) is 24.5 Å². The van der Waals surface area contributed by atoms with Crippen LogP contribution in [0.3, 0.4) is 0 Å². The molecule has 1 aliphatic rings. The van der Waals surface area contributed by atoms with Crippen molar-refractivity contribution >= 4 is 11.8 Å². The SMILES string of the molecule is CC(C)C(NN)C1CCCS1. The summed E-state index contributed by atoms with van der Waals surface area (Å²) in [6, 6.07) is 0.502. The number of nitrogens with one attached hydrogen (secondary N) is 1. The van der Waals surface area contributed by atoms with Crippen molar-refractivity contribution in [1.29, 1.82) is 0 Å². The molecule has 1 fully saturated rings. The van der Waals surface area contributed by atoms with Gasteiger partial charge in [-0.2, -0.15) is 11.8 Å². The summed E-state index contributed by atoms with van der Waals surface area (Å²) in [5, 5.41) is 0.750. The summed E-state index contributed by atoms with van der Waals surface area (Å²) >= 11 is 2.06. The second-order valence-corrected chi connectivity index (χ2v) is 4.84. The lowest BCUT2D eigenvalue weighted by atomic mass is 9.99. The summed E-state index contributed by atoms with van der Waals surface area (Å²) in [6.07, 6.45) is 2.69. The van der Waals surface area contributed by atoms with Crippen LogP contribution in [0.15, 0.2) is 0 Å². The first kappa shape index (κ1) is 9.36. The summed E-state index contributed by atoms with van der Waals surface area (Å²) < 4.78 is 0. The van der Waals surface area contributed by atoms with Gasteiger partial charge in [0.1, 0.15) is 0 Å². The quantitative estimate of drug-likeness (QED) is 0.501. The molecule has 0 bridgehead atoms. The lowest BCUT2D eigenvalue weighted by Gasteiger charge is -2.25. The monoisotopic (exact) mass is 174 g/mol. The minimum Gasteiger partial charge on any atom is -0.271 e. The third kappa shape index (κ3) is 2.36. The summed E-state index contributed by atoms with van der Waals surface area (Å²) in [6.45, 7) is 4.45. The molecule has 0 saturated carbocycles. The fourth-order valence-corrected chi connectivity index (χ4v) is 3.18. The standard InChI is InChI=1S/C8H18N2S/c1-6(2)8(10-9)7-4-3-5-11-7/h6-8,10H,3-5,9H2,1-2H3. The highest BCUT2D eigenvalue weighted by Gasteiger charge is 2.26. The van der Waals surface area contributed by atoms with Gasteiger partial charge in [-0.15, -0.1) is 0 Å². The molecule has 0 aromatic heterocycles. The average Bonchev–Trinajstić information content (AvgIpc) is 2.40. The van der Waals surface area contributed by atoms with Gasteiger partial charge in [-0.1, -0.05) is 13.8 Å². The molecular formula is C8H18N2S. The van der Waals surface area contributed by atoms with Crippen LogP contribution in [0.2, 0.25) is 0 Å². The van der Waals surface area contributed by atoms with E-state index in [1.54, 1.807) is 0 Å². The van der Waals surface area contributed by atoms with Crippen molar-refractivity contribution in [3.05, 3.63) is 0 Å². The van der Waals surface area contributed by atoms with Crippen molar-refractivity contribution in [3.63, 3.8) is 0 Å². The molecule has 3 heteroatoms. The van der Waals surface area contributed by atoms with E-state index in [1.165, 1.54) is 18.6 Å². The van der Waals surface area contributed by atoms with E-state index in [0.29, 0.717) is 12.0 Å². The van der Waals surface area contributed by atoms with Crippen LogP contribution in [0.1, 0.15) is 26.7 Å². The van der Waals surface area contributed by atoms with E-state index < -0.39 is 0 Å². The summed E-state index contributed by atoms with van der Waals surface area (Å²) in [5.41, 5.74) is 2.92. The van der Waals surface area contributed by atoms with Crippen molar-refractivity contribution in [3.8, 4) is 0 Å². The molecule has 1 heterocycles. The first-order valence-electron chi connectivity index (χ1n) is 4.33. The molecule has 0 amide bonds. The van der Waals surface area contributed by atoms with E-state index in [1.807, 2.05) is 0 Å². The maximum atomic E-state index is 5.49. The van der Waals surface area contributed by atoms with Crippen LogP contribution in [-0.4, -0.2) is 17.0 Å². The molecule has 2 nitrogen and oxygen atoms in total. The molecule has 2 atom stereocenters. The lowest BCUT2D eigenvalue weighted by molar-refractivity contribution is 0.390. The van der Waals surface area contributed by atoms with E-state index in [9.17, 15) is 0 Å². The predicted molar refractivity (Wildman–Crippen MR) is 51.4 cm³/mol. The Kier molecular flexibility index (Phi) is 3.69. The summed E-state index contributed by atoms with van der Waals surface area (Å²) in [5.74, 6) is 7.45. The number of nitrogens with two attached hydrogens (primary N) is 1. The van der Waals surface area contributed by atoms with Crippen LogP contribution in [-0.2, 0) is 0 Å². The Balaban J connectivity index is 2.40. The van der Waals surface area contributed by atoms with Crippen LogP contribution in [0, 0.1) is 5.92 Å². The molecule has 1 saturated heterocycles. The van der Waals surface area contributed by atoms with Crippen molar-refractivity contribution in [2.45, 2.75) is 38.0 Å². The second kappa shape index (κ2) is 4.33. The van der Waals surface area contributed by atoms with Gasteiger partial charge in [0.2, 0.25) is 0 Å². The molecule has 0 radical (unpaired) electrons. The first-order valence-corrected chi connectivity index (χ1v) is 5.38. The zero-order chi connectivity index (χ0) is 8.27. The molecule has 0 aromatic rings. The molecule has 1 rings (SSSR count). The normalized spacial score (nSPS) is 27.8. The zero-order valence-corrected chi connectivity index (χ0v) is 8.16. The lowest BCUT2D eigenvalue weighted by Crippen LogP contribution is -2.45. The van der Waals surface area contributed by atoms with E-state index in [2.05, 4.69) is 31.0 Å². The van der Waals surface area contributed by atoms with Crippen molar-refractivity contribution in [2.75, 3.05) is 5.75 Å². The predicted octanol–water partition coefficient (Wildman–Crippen LogP) is 1.37. The number of hydrogen-bond acceptors (Lipinski definition) is 3. The van der Waals surface area contributed by atoms with Gasteiger partial charge < -0.3 is 0 Å². The summed E-state index contributed by atoms with van der Waals surface area (Å²) in [4.78, 5) is 0. The van der Waals surface area contributed by atoms with Crippen molar-refractivity contribution in [1.82, 2.24) is 5.43 Å². The van der Waals surface area contributed by atoms with Gasteiger partial charge >= 0.3 is 0 Å². The van der Waals surface area contributed by atoms with Crippen LogP contribution in [0.25, 0.3) is 0 Å². The van der Waals surface area contributed by atoms with Crippen LogP contribution in [0.5, 0.6) is 0 Å². The maximum absolute atomic E-state index is 5.49. The Bertz CT molecular complexity index is 111. The second-order valence-electron chi connectivity index (χ2n) is 3.49. The Morgan fingerprint density at radius 3 is 2.64 bits per heavy atom. The van der Waals surface area contributed by atoms with E-state index in [4.69, 9.17) is 5.84 Å². The first-order chi connectivity index (χ1) is 5.25. The van der Waals surface area contributed by atoms with Gasteiger partial charge in [-0.25, -0.2) is 0 Å². The highest BCUT2D eigenvalue weighted by Crippen LogP contribution is 2.30. The third-order valence-electron chi connectivity index (χ3n) is 2.28.